The van der Waals surface area contributed by atoms with E-state index in [4.69, 9.17) is 0 Å². The van der Waals surface area contributed by atoms with E-state index in [0.29, 0.717) is 5.41 Å². The molecule has 0 atom stereocenters. The Morgan fingerprint density at radius 2 is 1.13 bits per heavy atom. The highest BCUT2D eigenvalue weighted by molar-refractivity contribution is 5.07. The topological polar surface area (TPSA) is 23.8 Å². The Hall–Kier alpha value is -0.510. The maximum Gasteiger partial charge on any atom is 0.0689 e. The Bertz CT molecular complexity index is 509. The average molecular weight is 414 g/mol. The van der Waals surface area contributed by atoms with E-state index in [2.05, 4.69) is 19.9 Å². The first-order valence-electron chi connectivity index (χ1n) is 14.0. The van der Waals surface area contributed by atoms with Gasteiger partial charge in [-0.25, -0.2) is 0 Å². The van der Waals surface area contributed by atoms with Gasteiger partial charge in [-0.05, 0) is 93.8 Å². The molecule has 2 bridgehead atoms. The fraction of sp³-hybridized carbons (Fsp3) is 0.966. The van der Waals surface area contributed by atoms with Gasteiger partial charge in [-0.3, -0.25) is 0 Å². The van der Waals surface area contributed by atoms with E-state index in [1.54, 1.807) is 0 Å². The number of hydrogen-bond acceptors (Lipinski definition) is 1. The van der Waals surface area contributed by atoms with Gasteiger partial charge in [0, 0.05) is 0 Å². The van der Waals surface area contributed by atoms with E-state index < -0.39 is 0 Å². The van der Waals surface area contributed by atoms with Gasteiger partial charge in [-0.15, -0.1) is 0 Å². The van der Waals surface area contributed by atoms with Crippen LogP contribution in [0.15, 0.2) is 0 Å². The van der Waals surface area contributed by atoms with Gasteiger partial charge in [-0.1, -0.05) is 78.1 Å². The van der Waals surface area contributed by atoms with Crippen molar-refractivity contribution in [2.45, 2.75) is 155 Å². The van der Waals surface area contributed by atoms with Crippen LogP contribution in [0.25, 0.3) is 0 Å². The van der Waals surface area contributed by atoms with Crippen molar-refractivity contribution in [2.24, 2.45) is 22.2 Å². The smallest absolute Gasteiger partial charge is 0.0689 e. The Morgan fingerprint density at radius 1 is 0.633 bits per heavy atom. The first-order valence-corrected chi connectivity index (χ1v) is 14.0. The van der Waals surface area contributed by atoms with E-state index in [1.807, 2.05) is 0 Å². The van der Waals surface area contributed by atoms with Crippen LogP contribution in [-0.4, -0.2) is 0 Å². The molecule has 0 spiro atoms. The molecule has 1 nitrogen and oxygen atoms in total. The summed E-state index contributed by atoms with van der Waals surface area (Å²) in [6.45, 7) is 4.60. The summed E-state index contributed by atoms with van der Waals surface area (Å²) < 4.78 is 0. The third-order valence-electron chi connectivity index (χ3n) is 10.1. The molecule has 4 fully saturated rings. The van der Waals surface area contributed by atoms with E-state index >= 15 is 0 Å². The Morgan fingerprint density at radius 3 is 1.63 bits per heavy atom. The molecule has 0 aromatic heterocycles. The Labute approximate surface area is 188 Å². The molecule has 4 rings (SSSR count). The summed E-state index contributed by atoms with van der Waals surface area (Å²) in [5.41, 5.74) is 1.44. The van der Waals surface area contributed by atoms with Crippen molar-refractivity contribution in [3.63, 3.8) is 0 Å². The second kappa shape index (κ2) is 11.4. The molecule has 0 aromatic carbocycles. The number of nitriles is 1. The maximum absolute atomic E-state index is 9.99. The van der Waals surface area contributed by atoms with Crippen LogP contribution in [-0.2, 0) is 0 Å². The molecule has 4 aliphatic carbocycles. The average Bonchev–Trinajstić information content (AvgIpc) is 2.80. The van der Waals surface area contributed by atoms with E-state index in [9.17, 15) is 5.26 Å². The van der Waals surface area contributed by atoms with Gasteiger partial charge in [0.25, 0.3) is 0 Å². The van der Waals surface area contributed by atoms with Crippen molar-refractivity contribution in [3.05, 3.63) is 0 Å². The minimum atomic E-state index is 0.0327. The highest BCUT2D eigenvalue weighted by Gasteiger charge is 2.52. The van der Waals surface area contributed by atoms with Gasteiger partial charge in [0.2, 0.25) is 0 Å². The van der Waals surface area contributed by atoms with Crippen LogP contribution >= 0.6 is 0 Å². The van der Waals surface area contributed by atoms with E-state index in [-0.39, 0.29) is 5.41 Å². The van der Waals surface area contributed by atoms with Gasteiger partial charge in [0.1, 0.15) is 0 Å². The summed E-state index contributed by atoms with van der Waals surface area (Å²) in [5, 5.41) is 9.99. The van der Waals surface area contributed by atoms with Gasteiger partial charge >= 0.3 is 0 Å². The highest BCUT2D eigenvalue weighted by Crippen LogP contribution is 2.64. The lowest BCUT2D eigenvalue weighted by Gasteiger charge is -2.58. The fourth-order valence-corrected chi connectivity index (χ4v) is 7.65. The minimum Gasteiger partial charge on any atom is -0.198 e. The third-order valence-corrected chi connectivity index (χ3v) is 10.1. The van der Waals surface area contributed by atoms with Crippen LogP contribution < -0.4 is 0 Å². The van der Waals surface area contributed by atoms with Crippen molar-refractivity contribution >= 4 is 0 Å². The second-order valence-corrected chi connectivity index (χ2v) is 11.9. The molecule has 0 aromatic rings. The largest absolute Gasteiger partial charge is 0.198 e. The zero-order chi connectivity index (χ0) is 21.3. The van der Waals surface area contributed by atoms with Crippen molar-refractivity contribution < 1.29 is 0 Å². The van der Waals surface area contributed by atoms with Crippen molar-refractivity contribution in [3.8, 4) is 6.07 Å². The van der Waals surface area contributed by atoms with Crippen LogP contribution in [0.1, 0.15) is 155 Å². The van der Waals surface area contributed by atoms with Gasteiger partial charge in [0.15, 0.2) is 0 Å². The summed E-state index contributed by atoms with van der Waals surface area (Å²) in [6.07, 6.45) is 30.8. The van der Waals surface area contributed by atoms with Crippen molar-refractivity contribution in [1.82, 2.24) is 0 Å². The first kappa shape index (κ1) is 24.1. The maximum atomic E-state index is 9.99. The summed E-state index contributed by atoms with van der Waals surface area (Å²) in [6, 6.07) is 2.82. The quantitative estimate of drug-likeness (QED) is 0.276. The number of unbranched alkanes of at least 4 members (excludes halogenated alkanes) is 8. The molecule has 0 heterocycles. The predicted octanol–water partition coefficient (Wildman–Crippen LogP) is 9.75. The van der Waals surface area contributed by atoms with Crippen LogP contribution in [0.3, 0.4) is 0 Å². The minimum absolute atomic E-state index is 0.0327. The molecule has 4 aliphatic rings. The predicted molar refractivity (Wildman–Crippen MR) is 129 cm³/mol. The monoisotopic (exact) mass is 413 g/mol. The molecule has 0 saturated heterocycles. The molecule has 0 radical (unpaired) electrons. The lowest BCUT2D eigenvalue weighted by molar-refractivity contribution is -0.0690. The molecule has 0 unspecified atom stereocenters. The van der Waals surface area contributed by atoms with Crippen LogP contribution in [0.2, 0.25) is 0 Å². The zero-order valence-corrected chi connectivity index (χ0v) is 20.6. The summed E-state index contributed by atoms with van der Waals surface area (Å²) in [5.74, 6) is 0.932. The number of rotatable bonds is 13. The number of fused-ring (bicyclic) bond motifs is 3. The molecule has 0 aliphatic heterocycles. The Kier molecular flexibility index (Phi) is 9.16. The van der Waals surface area contributed by atoms with Crippen molar-refractivity contribution in [1.29, 1.82) is 5.26 Å². The van der Waals surface area contributed by atoms with Crippen LogP contribution in [0.5, 0.6) is 0 Å². The standard InChI is InChI=1S/C29H51N/c1-3-5-7-9-11-15-27-19-22-29(23-20-27,24-21-27)26-13-17-28(25-30,18-14-26)16-12-10-8-6-4-2/h26H,3-24H2,1-2H3/t26-,27?,28-,29?. The second-order valence-electron chi connectivity index (χ2n) is 11.9. The summed E-state index contributed by atoms with van der Waals surface area (Å²) in [7, 11) is 0. The molecule has 0 N–H and O–H groups in total. The number of nitrogens with zero attached hydrogens (tertiary/aromatic N) is 1. The van der Waals surface area contributed by atoms with E-state index in [1.165, 1.54) is 141 Å². The molecular formula is C29H51N. The van der Waals surface area contributed by atoms with Crippen LogP contribution in [0, 0.1) is 33.5 Å². The SMILES string of the molecule is CCCCCCCC12CCC([C@H]3CC[C@@](C#N)(CCCCCCC)CC3)(CC1)CC2. The molecule has 30 heavy (non-hydrogen) atoms. The zero-order valence-electron chi connectivity index (χ0n) is 20.6. The molecule has 1 heteroatoms. The molecular weight excluding hydrogens is 362 g/mol. The van der Waals surface area contributed by atoms with Crippen molar-refractivity contribution in [2.75, 3.05) is 0 Å². The van der Waals surface area contributed by atoms with Gasteiger partial charge in [-0.2, -0.15) is 5.26 Å². The number of hydrogen-bond donors (Lipinski definition) is 0. The third kappa shape index (κ3) is 5.84. The summed E-state index contributed by atoms with van der Waals surface area (Å²) >= 11 is 0. The molecule has 4 saturated carbocycles. The van der Waals surface area contributed by atoms with Crippen LogP contribution in [0.4, 0.5) is 0 Å². The van der Waals surface area contributed by atoms with Gasteiger partial charge in [0.05, 0.1) is 11.5 Å². The Balaban J connectivity index is 1.43. The van der Waals surface area contributed by atoms with E-state index in [0.717, 1.165) is 11.3 Å². The highest BCUT2D eigenvalue weighted by atomic mass is 14.6. The normalized spacial score (nSPS) is 36.0. The molecule has 172 valence electrons. The lowest BCUT2D eigenvalue weighted by atomic mass is 9.47. The lowest BCUT2D eigenvalue weighted by Crippen LogP contribution is -2.47. The fourth-order valence-electron chi connectivity index (χ4n) is 7.65. The first-order chi connectivity index (χ1) is 14.6. The summed E-state index contributed by atoms with van der Waals surface area (Å²) in [4.78, 5) is 0. The van der Waals surface area contributed by atoms with Gasteiger partial charge < -0.3 is 0 Å². The molecule has 0 amide bonds.